The smallest absolute Gasteiger partial charge is 0.410 e. The first-order valence-electron chi connectivity index (χ1n) is 13.3. The molecule has 3 unspecified atom stereocenters. The number of rotatable bonds is 5. The van der Waals surface area contributed by atoms with Gasteiger partial charge in [-0.15, -0.1) is 0 Å². The van der Waals surface area contributed by atoms with Crippen molar-refractivity contribution in [2.45, 2.75) is 56.7 Å². The maximum atomic E-state index is 15.8. The molecule has 3 aliphatic rings. The predicted molar refractivity (Wildman–Crippen MR) is 154 cm³/mol. The fourth-order valence-corrected chi connectivity index (χ4v) is 6.97. The molecule has 0 spiro atoms. The van der Waals surface area contributed by atoms with Crippen LogP contribution in [0.15, 0.2) is 10.5 Å². The zero-order valence-corrected chi connectivity index (χ0v) is 26.0. The average molecular weight is 657 g/mol. The molecule has 0 radical (unpaired) electrons. The molecule has 1 aromatic carbocycles. The molecule has 1 aromatic heterocycles. The third kappa shape index (κ3) is 4.69. The second-order valence-corrected chi connectivity index (χ2v) is 13.4. The quantitative estimate of drug-likeness (QED) is 0.192. The molecule has 1 amide bonds. The van der Waals surface area contributed by atoms with Gasteiger partial charge in [-0.1, -0.05) is 11.6 Å². The van der Waals surface area contributed by atoms with Crippen molar-refractivity contribution in [2.24, 2.45) is 5.92 Å². The number of amides is 1. The topological polar surface area (TPSA) is 118 Å². The van der Waals surface area contributed by atoms with Crippen molar-refractivity contribution >= 4 is 62.0 Å². The monoisotopic (exact) mass is 655 g/mol. The third-order valence-corrected chi connectivity index (χ3v) is 9.74. The van der Waals surface area contributed by atoms with E-state index in [0.717, 1.165) is 0 Å². The number of ether oxygens (including phenoxy) is 2. The van der Waals surface area contributed by atoms with Crippen molar-refractivity contribution < 1.29 is 28.4 Å². The Kier molecular flexibility index (Phi) is 7.39. The summed E-state index contributed by atoms with van der Waals surface area (Å²) in [5.41, 5.74) is -2.77. The molecule has 2 aliphatic heterocycles. The highest BCUT2D eigenvalue weighted by Gasteiger charge is 2.64. The molecular weight excluding hydrogens is 625 g/mol. The number of nitro groups is 1. The number of hydrogen-bond donors (Lipinski definition) is 0. The first-order valence-corrected chi connectivity index (χ1v) is 14.4. The van der Waals surface area contributed by atoms with Crippen LogP contribution in [0.1, 0.15) is 39.2 Å². The van der Waals surface area contributed by atoms with Gasteiger partial charge < -0.3 is 24.2 Å². The summed E-state index contributed by atoms with van der Waals surface area (Å²) in [6, 6.07) is 1.08. The largest absolute Gasteiger partial charge is 0.468 e. The molecule has 2 aromatic rings. The van der Waals surface area contributed by atoms with Gasteiger partial charge in [0.05, 0.1) is 27.1 Å². The number of anilines is 1. The van der Waals surface area contributed by atoms with E-state index in [2.05, 4.69) is 20.9 Å². The first kappa shape index (κ1) is 29.7. The minimum atomic E-state index is -1.55. The van der Waals surface area contributed by atoms with E-state index in [1.54, 1.807) is 30.6 Å². The van der Waals surface area contributed by atoms with Crippen LogP contribution in [0.25, 0.3) is 10.9 Å². The van der Waals surface area contributed by atoms with E-state index in [4.69, 9.17) is 21.1 Å². The number of carbonyl (C=O) groups excluding carboxylic acids is 2. The summed E-state index contributed by atoms with van der Waals surface area (Å²) in [5, 5.41) is 12.9. The highest BCUT2D eigenvalue weighted by Crippen LogP contribution is 2.58. The van der Waals surface area contributed by atoms with Crippen LogP contribution < -0.4 is 4.90 Å². The number of hydrogen-bond acceptors (Lipinski definition) is 9. The van der Waals surface area contributed by atoms with Crippen LogP contribution in [-0.4, -0.2) is 90.3 Å². The van der Waals surface area contributed by atoms with Crippen LogP contribution in [0.2, 0.25) is 5.02 Å². The van der Waals surface area contributed by atoms with Crippen molar-refractivity contribution in [1.29, 1.82) is 0 Å². The van der Waals surface area contributed by atoms with Gasteiger partial charge in [0.25, 0.3) is 0 Å². The fraction of sp³-hybridized carbons (Fsp3) is 0.593. The SMILES string of the molecule is COC(=O)C1(c2c([N+](=O)[O-])c(N3CC(N(C)C)C3)nc3c(F)c(Br)c(Cl)cc23)CC2CC1CN2C(=O)OC(C)(C)C. The van der Waals surface area contributed by atoms with Crippen LogP contribution in [0.3, 0.4) is 0 Å². The summed E-state index contributed by atoms with van der Waals surface area (Å²) < 4.78 is 26.6. The Balaban J connectivity index is 1.75. The van der Waals surface area contributed by atoms with Crippen molar-refractivity contribution in [2.75, 3.05) is 45.7 Å². The molecule has 3 atom stereocenters. The standard InChI is InChI=1S/C27H32BrClFN5O6/c1-26(2,3)41-25(37)34-10-13-7-14(34)9-27(13,24(36)40-6)18-16-8-17(29)19(28)20(30)21(16)31-23(22(18)35(38)39)33-11-15(12-33)32(4)5/h8,13-15H,7,9-12H2,1-6H3. The molecule has 41 heavy (non-hydrogen) atoms. The zero-order valence-electron chi connectivity index (χ0n) is 23.7. The van der Waals surface area contributed by atoms with Crippen LogP contribution in [-0.2, 0) is 19.7 Å². The van der Waals surface area contributed by atoms with Gasteiger partial charge in [0, 0.05) is 37.1 Å². The number of methoxy groups -OCH3 is 1. The lowest BCUT2D eigenvalue weighted by molar-refractivity contribution is -0.385. The van der Waals surface area contributed by atoms with Gasteiger partial charge in [-0.3, -0.25) is 14.9 Å². The number of piperidine rings is 1. The van der Waals surface area contributed by atoms with Crippen LogP contribution in [0, 0.1) is 21.8 Å². The lowest BCUT2D eigenvalue weighted by Crippen LogP contribution is -2.58. The van der Waals surface area contributed by atoms with Crippen molar-refractivity contribution in [3.63, 3.8) is 0 Å². The molecule has 3 heterocycles. The second-order valence-electron chi connectivity index (χ2n) is 12.2. The summed E-state index contributed by atoms with van der Waals surface area (Å²) in [6.45, 7) is 6.28. The molecular formula is C27H32BrClFN5O6. The molecule has 11 nitrogen and oxygen atoms in total. The van der Waals surface area contributed by atoms with Gasteiger partial charge in [0.2, 0.25) is 5.82 Å². The van der Waals surface area contributed by atoms with E-state index in [1.807, 2.05) is 19.0 Å². The summed E-state index contributed by atoms with van der Waals surface area (Å²) in [6.07, 6.45) is -0.0888. The van der Waals surface area contributed by atoms with Crippen LogP contribution in [0.5, 0.6) is 0 Å². The van der Waals surface area contributed by atoms with E-state index in [9.17, 15) is 19.7 Å². The lowest BCUT2D eigenvalue weighted by atomic mass is 9.69. The number of nitrogens with zero attached hydrogens (tertiary/aromatic N) is 5. The number of halogens is 3. The number of pyridine rings is 1. The Morgan fingerprint density at radius 2 is 1.95 bits per heavy atom. The minimum Gasteiger partial charge on any atom is -0.468 e. The second kappa shape index (κ2) is 10.2. The molecule has 2 saturated heterocycles. The van der Waals surface area contributed by atoms with Gasteiger partial charge in [-0.2, -0.15) is 0 Å². The van der Waals surface area contributed by atoms with Crippen molar-refractivity contribution in [3.05, 3.63) is 37.1 Å². The molecule has 1 saturated carbocycles. The molecule has 1 aliphatic carbocycles. The van der Waals surface area contributed by atoms with E-state index >= 15 is 4.39 Å². The fourth-order valence-electron chi connectivity index (χ4n) is 6.47. The number of likely N-dealkylation sites (N-methyl/N-ethyl adjacent to an activating group) is 1. The maximum absolute atomic E-state index is 15.8. The highest BCUT2D eigenvalue weighted by atomic mass is 79.9. The summed E-state index contributed by atoms with van der Waals surface area (Å²) in [5.74, 6) is -2.04. The van der Waals surface area contributed by atoms with E-state index in [-0.39, 0.29) is 56.5 Å². The van der Waals surface area contributed by atoms with Gasteiger partial charge in [-0.05, 0) is 75.6 Å². The van der Waals surface area contributed by atoms with Gasteiger partial charge in [0.1, 0.15) is 16.5 Å². The van der Waals surface area contributed by atoms with Gasteiger partial charge in [-0.25, -0.2) is 14.2 Å². The van der Waals surface area contributed by atoms with Crippen molar-refractivity contribution in [3.8, 4) is 0 Å². The average Bonchev–Trinajstić information content (AvgIpc) is 3.44. The lowest BCUT2D eigenvalue weighted by Gasteiger charge is -2.44. The van der Waals surface area contributed by atoms with Crippen LogP contribution >= 0.6 is 27.5 Å². The van der Waals surface area contributed by atoms with E-state index in [1.165, 1.54) is 13.2 Å². The Bertz CT molecular complexity index is 1460. The number of benzene rings is 1. The first-order chi connectivity index (χ1) is 19.1. The molecule has 5 rings (SSSR count). The van der Waals surface area contributed by atoms with Crippen molar-refractivity contribution in [1.82, 2.24) is 14.8 Å². The molecule has 3 fully saturated rings. The van der Waals surface area contributed by atoms with E-state index in [0.29, 0.717) is 19.5 Å². The Morgan fingerprint density at radius 1 is 1.29 bits per heavy atom. The number of fused-ring (bicyclic) bond motifs is 3. The molecule has 14 heteroatoms. The summed E-state index contributed by atoms with van der Waals surface area (Å²) >= 11 is 9.54. The normalized spacial score (nSPS) is 24.2. The minimum absolute atomic E-state index is 0.0150. The Hall–Kier alpha value is -2.77. The summed E-state index contributed by atoms with van der Waals surface area (Å²) in [4.78, 5) is 48.9. The van der Waals surface area contributed by atoms with E-state index < -0.39 is 45.8 Å². The maximum Gasteiger partial charge on any atom is 0.410 e. The zero-order chi connectivity index (χ0) is 30.2. The van der Waals surface area contributed by atoms with Crippen LogP contribution in [0.4, 0.5) is 20.7 Å². The Labute approximate surface area is 250 Å². The molecule has 0 N–H and O–H groups in total. The Morgan fingerprint density at radius 3 is 2.46 bits per heavy atom. The van der Waals surface area contributed by atoms with Gasteiger partial charge in [0.15, 0.2) is 5.82 Å². The molecule has 222 valence electrons. The number of carbonyl (C=O) groups is 2. The molecule has 2 bridgehead atoms. The third-order valence-electron chi connectivity index (χ3n) is 8.44. The number of aromatic nitrogens is 1. The van der Waals surface area contributed by atoms with Gasteiger partial charge >= 0.3 is 17.7 Å². The highest BCUT2D eigenvalue weighted by molar-refractivity contribution is 9.10. The number of likely N-dealkylation sites (tertiary alicyclic amines) is 1. The number of esters is 1. The predicted octanol–water partition coefficient (Wildman–Crippen LogP) is 4.89. The summed E-state index contributed by atoms with van der Waals surface area (Å²) in [7, 11) is 5.04.